The van der Waals surface area contributed by atoms with E-state index in [1.54, 1.807) is 13.2 Å². The van der Waals surface area contributed by atoms with Crippen LogP contribution in [0.25, 0.3) is 0 Å². The van der Waals surface area contributed by atoms with Crippen molar-refractivity contribution in [2.75, 3.05) is 45.6 Å². The third kappa shape index (κ3) is 5.39. The Labute approximate surface area is 208 Å². The third-order valence-corrected chi connectivity index (χ3v) is 6.51. The fourth-order valence-electron chi connectivity index (χ4n) is 4.46. The number of methoxy groups -OCH3 is 1. The summed E-state index contributed by atoms with van der Waals surface area (Å²) in [6.07, 6.45) is 0. The van der Waals surface area contributed by atoms with Gasteiger partial charge in [0.25, 0.3) is 5.56 Å². The van der Waals surface area contributed by atoms with Gasteiger partial charge in [-0.3, -0.25) is 28.5 Å². The number of halogens is 1. The Morgan fingerprint density at radius 3 is 2.33 bits per heavy atom. The molecule has 1 aromatic heterocycles. The molecule has 10 heteroatoms. The maximum Gasteiger partial charge on any atom is 0.332 e. The van der Waals surface area contributed by atoms with Gasteiger partial charge in [0.1, 0.15) is 22.9 Å². The summed E-state index contributed by atoms with van der Waals surface area (Å²) in [5.74, 6) is -0.224. The normalized spacial score (nSPS) is 14.6. The van der Waals surface area contributed by atoms with Gasteiger partial charge in [-0.2, -0.15) is 0 Å². The molecule has 4 rings (SSSR count). The van der Waals surface area contributed by atoms with Crippen molar-refractivity contribution in [1.29, 1.82) is 0 Å². The van der Waals surface area contributed by atoms with Crippen molar-refractivity contribution in [3.05, 3.63) is 91.9 Å². The van der Waals surface area contributed by atoms with Crippen LogP contribution in [0.4, 0.5) is 10.2 Å². The number of hydrogen-bond donors (Lipinski definition) is 1. The van der Waals surface area contributed by atoms with Gasteiger partial charge in [0.2, 0.25) is 0 Å². The topological polar surface area (TPSA) is 103 Å². The predicted molar refractivity (Wildman–Crippen MR) is 135 cm³/mol. The van der Waals surface area contributed by atoms with E-state index in [9.17, 15) is 18.8 Å². The molecule has 9 nitrogen and oxygen atoms in total. The summed E-state index contributed by atoms with van der Waals surface area (Å²) < 4.78 is 21.2. The number of piperazine rings is 1. The second-order valence-corrected chi connectivity index (χ2v) is 8.91. The number of anilines is 1. The minimum atomic E-state index is -0.691. The fourth-order valence-corrected chi connectivity index (χ4v) is 4.46. The van der Waals surface area contributed by atoms with E-state index in [4.69, 9.17) is 10.5 Å². The Kier molecular flexibility index (Phi) is 7.66. The van der Waals surface area contributed by atoms with E-state index in [0.29, 0.717) is 38.5 Å². The van der Waals surface area contributed by atoms with E-state index in [1.807, 2.05) is 35.2 Å². The fraction of sp³-hybridized carbons (Fsp3) is 0.346. The smallest absolute Gasteiger partial charge is 0.332 e. The highest BCUT2D eigenvalue weighted by atomic mass is 19.1. The minimum absolute atomic E-state index is 0.0140. The molecule has 3 aromatic rings. The Morgan fingerprint density at radius 1 is 1.00 bits per heavy atom. The number of ether oxygens (including phenoxy) is 1. The molecule has 0 bridgehead atoms. The van der Waals surface area contributed by atoms with E-state index in [1.165, 1.54) is 23.7 Å². The van der Waals surface area contributed by atoms with Gasteiger partial charge in [0.15, 0.2) is 5.78 Å². The molecule has 2 heterocycles. The lowest BCUT2D eigenvalue weighted by molar-refractivity contribution is 0.0841. The number of carbonyl (C=O) groups is 1. The SMILES string of the molecule is COc1ccc(F)cc1CN1CCN(CC(=O)c2c(N)n(Cc3ccccc3)c(=O)n(C)c2=O)CC1. The zero-order valence-electron chi connectivity index (χ0n) is 20.4. The Bertz CT molecular complexity index is 1360. The molecule has 1 saturated heterocycles. The van der Waals surface area contributed by atoms with Crippen LogP contribution in [0.2, 0.25) is 0 Å². The van der Waals surface area contributed by atoms with Gasteiger partial charge in [0.05, 0.1) is 20.2 Å². The average Bonchev–Trinajstić information content (AvgIpc) is 2.87. The highest BCUT2D eigenvalue weighted by molar-refractivity contribution is 6.01. The number of benzene rings is 2. The first-order valence-electron chi connectivity index (χ1n) is 11.7. The molecule has 0 spiro atoms. The van der Waals surface area contributed by atoms with E-state index in [0.717, 1.165) is 15.7 Å². The molecule has 1 fully saturated rings. The van der Waals surface area contributed by atoms with Crippen molar-refractivity contribution < 1.29 is 13.9 Å². The molecule has 0 amide bonds. The number of hydrogen-bond acceptors (Lipinski definition) is 7. The van der Waals surface area contributed by atoms with Crippen molar-refractivity contribution in [1.82, 2.24) is 18.9 Å². The zero-order valence-corrected chi connectivity index (χ0v) is 20.4. The first-order valence-corrected chi connectivity index (χ1v) is 11.7. The van der Waals surface area contributed by atoms with Crippen molar-refractivity contribution in [3.63, 3.8) is 0 Å². The van der Waals surface area contributed by atoms with Crippen LogP contribution in [0.1, 0.15) is 21.5 Å². The van der Waals surface area contributed by atoms with Crippen LogP contribution in [-0.2, 0) is 20.1 Å². The summed E-state index contributed by atoms with van der Waals surface area (Å²) in [7, 11) is 2.90. The van der Waals surface area contributed by atoms with Crippen LogP contribution < -0.4 is 21.7 Å². The Morgan fingerprint density at radius 2 is 1.67 bits per heavy atom. The summed E-state index contributed by atoms with van der Waals surface area (Å²) >= 11 is 0. The molecule has 0 unspecified atom stereocenters. The first-order chi connectivity index (χ1) is 17.3. The van der Waals surface area contributed by atoms with Crippen LogP contribution in [0.15, 0.2) is 58.1 Å². The average molecular weight is 496 g/mol. The van der Waals surface area contributed by atoms with E-state index >= 15 is 0 Å². The molecule has 2 aromatic carbocycles. The largest absolute Gasteiger partial charge is 0.496 e. The van der Waals surface area contributed by atoms with E-state index in [-0.39, 0.29) is 30.3 Å². The summed E-state index contributed by atoms with van der Waals surface area (Å²) in [5, 5.41) is 0. The van der Waals surface area contributed by atoms with Gasteiger partial charge in [-0.1, -0.05) is 30.3 Å². The number of carbonyl (C=O) groups excluding carboxylic acids is 1. The number of ketones is 1. The zero-order chi connectivity index (χ0) is 25.8. The molecule has 1 aliphatic rings. The lowest BCUT2D eigenvalue weighted by Gasteiger charge is -2.34. The second-order valence-electron chi connectivity index (χ2n) is 8.91. The maximum atomic E-state index is 13.7. The second kappa shape index (κ2) is 10.9. The van der Waals surface area contributed by atoms with Gasteiger partial charge >= 0.3 is 5.69 Å². The number of aromatic nitrogens is 2. The molecule has 1 aliphatic heterocycles. The van der Waals surface area contributed by atoms with Gasteiger partial charge in [-0.15, -0.1) is 0 Å². The molecule has 0 aliphatic carbocycles. The van der Waals surface area contributed by atoms with Crippen LogP contribution >= 0.6 is 0 Å². The maximum absolute atomic E-state index is 13.7. The molecular weight excluding hydrogens is 465 g/mol. The predicted octanol–water partition coefficient (Wildman–Crippen LogP) is 1.33. The van der Waals surface area contributed by atoms with Gasteiger partial charge in [-0.25, -0.2) is 9.18 Å². The van der Waals surface area contributed by atoms with Crippen molar-refractivity contribution >= 4 is 11.6 Å². The van der Waals surface area contributed by atoms with Gasteiger partial charge in [0, 0.05) is 45.3 Å². The molecule has 0 radical (unpaired) electrons. The first kappa shape index (κ1) is 25.3. The summed E-state index contributed by atoms with van der Waals surface area (Å²) in [5.41, 5.74) is 6.38. The molecule has 0 saturated carbocycles. The summed E-state index contributed by atoms with van der Waals surface area (Å²) in [6.45, 7) is 3.20. The van der Waals surface area contributed by atoms with E-state index in [2.05, 4.69) is 4.90 Å². The Balaban J connectivity index is 1.45. The number of nitrogens with two attached hydrogens (primary N) is 1. The van der Waals surface area contributed by atoms with Crippen molar-refractivity contribution in [2.45, 2.75) is 13.1 Å². The number of nitrogens with zero attached hydrogens (tertiary/aromatic N) is 4. The van der Waals surface area contributed by atoms with E-state index < -0.39 is 17.0 Å². The van der Waals surface area contributed by atoms with Crippen molar-refractivity contribution in [2.24, 2.45) is 7.05 Å². The lowest BCUT2D eigenvalue weighted by atomic mass is 10.1. The third-order valence-electron chi connectivity index (χ3n) is 6.51. The van der Waals surface area contributed by atoms with Gasteiger partial charge < -0.3 is 10.5 Å². The van der Waals surface area contributed by atoms with Gasteiger partial charge in [-0.05, 0) is 23.8 Å². The van der Waals surface area contributed by atoms with Crippen LogP contribution in [0.5, 0.6) is 5.75 Å². The standard InChI is InChI=1S/C26H30FN5O4/c1-29-25(34)23(24(28)32(26(29)35)15-18-6-4-3-5-7-18)21(33)17-31-12-10-30(11-13-31)16-19-14-20(27)8-9-22(19)36-2/h3-9,14H,10-13,15-17,28H2,1-2H3. The quantitative estimate of drug-likeness (QED) is 0.471. The molecule has 0 atom stereocenters. The Hall–Kier alpha value is -3.76. The van der Waals surface area contributed by atoms with Crippen LogP contribution in [-0.4, -0.2) is 64.6 Å². The molecule has 190 valence electrons. The minimum Gasteiger partial charge on any atom is -0.496 e. The highest BCUT2D eigenvalue weighted by Gasteiger charge is 2.25. The summed E-state index contributed by atoms with van der Waals surface area (Å²) in [4.78, 5) is 42.8. The summed E-state index contributed by atoms with van der Waals surface area (Å²) in [6, 6.07) is 13.7. The number of rotatable bonds is 8. The van der Waals surface area contributed by atoms with Crippen molar-refractivity contribution in [3.8, 4) is 5.75 Å². The van der Waals surface area contributed by atoms with Crippen LogP contribution in [0.3, 0.4) is 0 Å². The monoisotopic (exact) mass is 495 g/mol. The number of Topliss-reactive ketones (excluding diaryl/α,β-unsaturated/α-hetero) is 1. The lowest BCUT2D eigenvalue weighted by Crippen LogP contribution is -2.49. The molecular formula is C26H30FN5O4. The van der Waals surface area contributed by atoms with Crippen LogP contribution in [0, 0.1) is 5.82 Å². The molecule has 2 N–H and O–H groups in total. The molecule has 36 heavy (non-hydrogen) atoms. The number of nitrogen functional groups attached to an aromatic ring is 1. The highest BCUT2D eigenvalue weighted by Crippen LogP contribution is 2.22.